The van der Waals surface area contributed by atoms with Gasteiger partial charge in [-0.05, 0) is 42.2 Å². The Morgan fingerprint density at radius 1 is 1.05 bits per heavy atom. The van der Waals surface area contributed by atoms with Gasteiger partial charge in [0.15, 0.2) is 0 Å². The Morgan fingerprint density at radius 3 is 2.55 bits per heavy atom. The molecule has 2 aromatic rings. The molecule has 1 amide bonds. The lowest BCUT2D eigenvalue weighted by Gasteiger charge is -2.19. The van der Waals surface area contributed by atoms with Crippen LogP contribution in [0.25, 0.3) is 10.8 Å². The number of rotatable bonds is 3. The van der Waals surface area contributed by atoms with Crippen molar-refractivity contribution in [1.82, 2.24) is 5.43 Å². The number of nitrogens with one attached hydrogen (secondary N) is 1. The molecule has 0 bridgehead atoms. The molecule has 0 spiro atoms. The Balaban J connectivity index is 1.71. The third kappa shape index (κ3) is 3.35. The van der Waals surface area contributed by atoms with Crippen LogP contribution in [0.4, 0.5) is 0 Å². The second-order valence-corrected chi connectivity index (χ2v) is 6.07. The summed E-state index contributed by atoms with van der Waals surface area (Å²) < 4.78 is 0. The highest BCUT2D eigenvalue weighted by Crippen LogP contribution is 2.23. The van der Waals surface area contributed by atoms with Crippen molar-refractivity contribution < 1.29 is 4.79 Å². The van der Waals surface area contributed by atoms with E-state index < -0.39 is 0 Å². The molecule has 0 saturated heterocycles. The summed E-state index contributed by atoms with van der Waals surface area (Å²) in [5.74, 6) is 0.210. The molecule has 0 heterocycles. The Bertz CT molecular complexity index is 699. The van der Waals surface area contributed by atoms with Crippen LogP contribution in [-0.2, 0) is 4.79 Å². The van der Waals surface area contributed by atoms with E-state index in [0.717, 1.165) is 37.0 Å². The average Bonchev–Trinajstić information content (AvgIpc) is 2.59. The number of amides is 1. The number of hydrogen-bond donors (Lipinski definition) is 1. The molecule has 1 aliphatic carbocycles. The summed E-state index contributed by atoms with van der Waals surface area (Å²) >= 11 is 0. The number of fused-ring (bicyclic) bond motifs is 1. The first kappa shape index (κ1) is 14.8. The van der Waals surface area contributed by atoms with Crippen molar-refractivity contribution >= 4 is 22.4 Å². The summed E-state index contributed by atoms with van der Waals surface area (Å²) in [5, 5.41) is 6.69. The minimum atomic E-state index is 0.0693. The van der Waals surface area contributed by atoms with Gasteiger partial charge in [-0.25, -0.2) is 5.43 Å². The minimum Gasteiger partial charge on any atom is -0.273 e. The molecule has 0 aromatic heterocycles. The zero-order chi connectivity index (χ0) is 15.4. The van der Waals surface area contributed by atoms with Crippen LogP contribution in [0.15, 0.2) is 47.6 Å². The van der Waals surface area contributed by atoms with E-state index in [0.29, 0.717) is 0 Å². The number of carbonyl (C=O) groups is 1. The van der Waals surface area contributed by atoms with Crippen LogP contribution in [0.5, 0.6) is 0 Å². The van der Waals surface area contributed by atoms with Crippen LogP contribution in [0.1, 0.15) is 44.6 Å². The van der Waals surface area contributed by atoms with Gasteiger partial charge in [0.25, 0.3) is 0 Å². The third-order valence-corrected chi connectivity index (χ3v) is 4.48. The fourth-order valence-corrected chi connectivity index (χ4v) is 3.07. The molecule has 3 rings (SSSR count). The molecular formula is C19H22N2O. The molecule has 3 heteroatoms. The van der Waals surface area contributed by atoms with Crippen molar-refractivity contribution in [1.29, 1.82) is 0 Å². The monoisotopic (exact) mass is 294 g/mol. The highest BCUT2D eigenvalue weighted by Gasteiger charge is 2.20. The van der Waals surface area contributed by atoms with Crippen molar-refractivity contribution in [2.45, 2.75) is 39.0 Å². The van der Waals surface area contributed by atoms with Crippen LogP contribution in [0, 0.1) is 5.92 Å². The zero-order valence-electron chi connectivity index (χ0n) is 13.0. The molecule has 1 saturated carbocycles. The third-order valence-electron chi connectivity index (χ3n) is 4.48. The molecule has 22 heavy (non-hydrogen) atoms. The van der Waals surface area contributed by atoms with Crippen LogP contribution in [0.3, 0.4) is 0 Å². The van der Waals surface area contributed by atoms with Gasteiger partial charge in [-0.3, -0.25) is 4.79 Å². The molecule has 114 valence electrons. The topological polar surface area (TPSA) is 41.5 Å². The van der Waals surface area contributed by atoms with Gasteiger partial charge >= 0.3 is 0 Å². The summed E-state index contributed by atoms with van der Waals surface area (Å²) in [6.07, 6.45) is 5.56. The normalized spacial score (nSPS) is 16.7. The maximum atomic E-state index is 12.1. The number of benzene rings is 2. The van der Waals surface area contributed by atoms with E-state index in [-0.39, 0.29) is 11.8 Å². The minimum absolute atomic E-state index is 0.0693. The Hall–Kier alpha value is -2.16. The summed E-state index contributed by atoms with van der Waals surface area (Å²) in [7, 11) is 0. The van der Waals surface area contributed by atoms with E-state index in [4.69, 9.17) is 0 Å². The molecule has 0 unspecified atom stereocenters. The SMILES string of the molecule is C/C(=N/NC(=O)C1CCCCC1)c1ccc2ccccc2c1. The number of hydrogen-bond acceptors (Lipinski definition) is 2. The van der Waals surface area contributed by atoms with E-state index in [9.17, 15) is 4.79 Å². The van der Waals surface area contributed by atoms with Gasteiger partial charge in [0.1, 0.15) is 0 Å². The fraction of sp³-hybridized carbons (Fsp3) is 0.368. The molecule has 0 radical (unpaired) electrons. The second kappa shape index (κ2) is 6.73. The Labute approximate surface area is 131 Å². The zero-order valence-corrected chi connectivity index (χ0v) is 13.0. The van der Waals surface area contributed by atoms with Crippen LogP contribution >= 0.6 is 0 Å². The predicted octanol–water partition coefficient (Wildman–Crippen LogP) is 4.26. The molecule has 1 aliphatic rings. The molecule has 1 fully saturated rings. The van der Waals surface area contributed by atoms with Gasteiger partial charge in [0.05, 0.1) is 5.71 Å². The molecular weight excluding hydrogens is 272 g/mol. The van der Waals surface area contributed by atoms with E-state index in [1.165, 1.54) is 17.2 Å². The van der Waals surface area contributed by atoms with Crippen molar-refractivity contribution in [2.24, 2.45) is 11.0 Å². The standard InChI is InChI=1S/C19H22N2O/c1-14(20-21-19(22)16-8-3-2-4-9-16)17-12-11-15-7-5-6-10-18(15)13-17/h5-7,10-13,16H,2-4,8-9H2,1H3,(H,21,22)/b20-14-. The number of nitrogens with zero attached hydrogens (tertiary/aromatic N) is 1. The van der Waals surface area contributed by atoms with E-state index >= 15 is 0 Å². The Morgan fingerprint density at radius 2 is 1.77 bits per heavy atom. The van der Waals surface area contributed by atoms with Crippen molar-refractivity contribution in [2.75, 3.05) is 0 Å². The molecule has 0 atom stereocenters. The predicted molar refractivity (Wildman–Crippen MR) is 90.9 cm³/mol. The summed E-state index contributed by atoms with van der Waals surface area (Å²) in [4.78, 5) is 12.1. The maximum Gasteiger partial charge on any atom is 0.243 e. The quantitative estimate of drug-likeness (QED) is 0.667. The average molecular weight is 294 g/mol. The molecule has 2 aromatic carbocycles. The van der Waals surface area contributed by atoms with Crippen LogP contribution in [0.2, 0.25) is 0 Å². The Kier molecular flexibility index (Phi) is 4.52. The van der Waals surface area contributed by atoms with Crippen molar-refractivity contribution in [3.8, 4) is 0 Å². The summed E-state index contributed by atoms with van der Waals surface area (Å²) in [6.45, 7) is 1.94. The molecule has 3 nitrogen and oxygen atoms in total. The summed E-state index contributed by atoms with van der Waals surface area (Å²) in [5.41, 5.74) is 4.63. The maximum absolute atomic E-state index is 12.1. The highest BCUT2D eigenvalue weighted by atomic mass is 16.2. The fourth-order valence-electron chi connectivity index (χ4n) is 3.07. The van der Waals surface area contributed by atoms with Gasteiger partial charge in [-0.1, -0.05) is 55.7 Å². The lowest BCUT2D eigenvalue weighted by Crippen LogP contribution is -2.29. The largest absolute Gasteiger partial charge is 0.273 e. The summed E-state index contributed by atoms with van der Waals surface area (Å²) in [6, 6.07) is 14.5. The van der Waals surface area contributed by atoms with E-state index in [1.807, 2.05) is 25.1 Å². The van der Waals surface area contributed by atoms with Gasteiger partial charge in [0, 0.05) is 5.92 Å². The first-order valence-corrected chi connectivity index (χ1v) is 8.07. The number of carbonyl (C=O) groups excluding carboxylic acids is 1. The first-order chi connectivity index (χ1) is 10.7. The first-order valence-electron chi connectivity index (χ1n) is 8.07. The lowest BCUT2D eigenvalue weighted by molar-refractivity contribution is -0.125. The highest BCUT2D eigenvalue weighted by molar-refractivity contribution is 6.02. The van der Waals surface area contributed by atoms with Gasteiger partial charge in [-0.15, -0.1) is 0 Å². The molecule has 0 aliphatic heterocycles. The van der Waals surface area contributed by atoms with E-state index in [2.05, 4.69) is 34.8 Å². The van der Waals surface area contributed by atoms with Gasteiger partial charge in [-0.2, -0.15) is 5.10 Å². The van der Waals surface area contributed by atoms with Crippen molar-refractivity contribution in [3.05, 3.63) is 48.0 Å². The van der Waals surface area contributed by atoms with Crippen LogP contribution < -0.4 is 5.43 Å². The van der Waals surface area contributed by atoms with Crippen LogP contribution in [-0.4, -0.2) is 11.6 Å². The smallest absolute Gasteiger partial charge is 0.243 e. The van der Waals surface area contributed by atoms with Crippen molar-refractivity contribution in [3.63, 3.8) is 0 Å². The second-order valence-electron chi connectivity index (χ2n) is 6.07. The number of hydrazone groups is 1. The van der Waals surface area contributed by atoms with Gasteiger partial charge in [0.2, 0.25) is 5.91 Å². The lowest BCUT2D eigenvalue weighted by atomic mass is 9.89. The van der Waals surface area contributed by atoms with E-state index in [1.54, 1.807) is 0 Å². The van der Waals surface area contributed by atoms with Gasteiger partial charge < -0.3 is 0 Å². The molecule has 1 N–H and O–H groups in total.